The summed E-state index contributed by atoms with van der Waals surface area (Å²) >= 11 is 1.49. The fourth-order valence-electron chi connectivity index (χ4n) is 1.65. The van der Waals surface area contributed by atoms with Crippen LogP contribution in [-0.2, 0) is 0 Å². The fraction of sp³-hybridized carbons (Fsp3) is 0.231. The zero-order valence-corrected chi connectivity index (χ0v) is 10.6. The summed E-state index contributed by atoms with van der Waals surface area (Å²) in [4.78, 5) is 0.932. The zero-order valence-electron chi connectivity index (χ0n) is 9.82. The molecule has 2 aromatic rings. The van der Waals surface area contributed by atoms with Crippen LogP contribution in [0.2, 0.25) is 0 Å². The molecule has 1 atom stereocenters. The maximum atomic E-state index is 13.5. The van der Waals surface area contributed by atoms with Crippen LogP contribution < -0.4 is 10.5 Å². The summed E-state index contributed by atoms with van der Waals surface area (Å²) in [6.45, 7) is 2.14. The van der Waals surface area contributed by atoms with E-state index in [9.17, 15) is 8.78 Å². The molecule has 5 heteroatoms. The Labute approximate surface area is 108 Å². The highest BCUT2D eigenvalue weighted by molar-refractivity contribution is 7.10. The minimum absolute atomic E-state index is 0.113. The molecule has 2 rings (SSSR count). The number of aryl methyl sites for hydroxylation is 1. The first-order valence-electron chi connectivity index (χ1n) is 5.48. The van der Waals surface area contributed by atoms with Crippen molar-refractivity contribution in [3.63, 3.8) is 0 Å². The highest BCUT2D eigenvalue weighted by Crippen LogP contribution is 2.29. The Kier molecular flexibility index (Phi) is 3.93. The number of ether oxygens (including phenoxy) is 1. The predicted molar refractivity (Wildman–Crippen MR) is 67.8 cm³/mol. The quantitative estimate of drug-likeness (QED) is 0.923. The van der Waals surface area contributed by atoms with Crippen LogP contribution in [0.3, 0.4) is 0 Å². The summed E-state index contributed by atoms with van der Waals surface area (Å²) in [7, 11) is 0. The maximum absolute atomic E-state index is 13.5. The molecule has 96 valence electrons. The third-order valence-corrected chi connectivity index (χ3v) is 3.70. The van der Waals surface area contributed by atoms with Crippen LogP contribution in [0.4, 0.5) is 8.78 Å². The Hall–Kier alpha value is -1.46. The van der Waals surface area contributed by atoms with Gasteiger partial charge in [0.15, 0.2) is 11.6 Å². The van der Waals surface area contributed by atoms with Gasteiger partial charge in [-0.05, 0) is 36.1 Å². The molecule has 2 N–H and O–H groups in total. The van der Waals surface area contributed by atoms with Crippen LogP contribution in [0.1, 0.15) is 16.5 Å². The fourth-order valence-corrected chi connectivity index (χ4v) is 2.62. The molecule has 0 amide bonds. The van der Waals surface area contributed by atoms with Gasteiger partial charge in [0, 0.05) is 11.4 Å². The first-order chi connectivity index (χ1) is 8.63. The second-order valence-corrected chi connectivity index (χ2v) is 4.81. The molecular formula is C13H13F2NOS. The molecular weight excluding hydrogens is 256 g/mol. The molecule has 0 aliphatic heterocycles. The van der Waals surface area contributed by atoms with E-state index in [4.69, 9.17) is 10.5 Å². The summed E-state index contributed by atoms with van der Waals surface area (Å²) in [6.07, 6.45) is -0.457. The average molecular weight is 269 g/mol. The van der Waals surface area contributed by atoms with Crippen molar-refractivity contribution in [3.05, 3.63) is 51.7 Å². The van der Waals surface area contributed by atoms with E-state index in [1.807, 2.05) is 18.4 Å². The molecule has 1 heterocycles. The Bertz CT molecular complexity index is 542. The van der Waals surface area contributed by atoms with Gasteiger partial charge in [-0.2, -0.15) is 4.39 Å². The van der Waals surface area contributed by atoms with Gasteiger partial charge in [0.05, 0.1) is 0 Å². The number of thiophene rings is 1. The second-order valence-electron chi connectivity index (χ2n) is 3.86. The van der Waals surface area contributed by atoms with Gasteiger partial charge in [-0.25, -0.2) is 4.39 Å². The highest BCUT2D eigenvalue weighted by Gasteiger charge is 2.18. The van der Waals surface area contributed by atoms with Gasteiger partial charge in [-0.3, -0.25) is 0 Å². The first kappa shape index (κ1) is 13.0. The van der Waals surface area contributed by atoms with Gasteiger partial charge in [-0.15, -0.1) is 11.3 Å². The number of halogens is 2. The molecule has 0 aliphatic rings. The zero-order chi connectivity index (χ0) is 13.1. The largest absolute Gasteiger partial charge is 0.480 e. The van der Waals surface area contributed by atoms with Crippen molar-refractivity contribution in [2.24, 2.45) is 5.73 Å². The van der Waals surface area contributed by atoms with Crippen LogP contribution in [0.25, 0.3) is 0 Å². The molecule has 0 saturated heterocycles. The van der Waals surface area contributed by atoms with Crippen molar-refractivity contribution < 1.29 is 13.5 Å². The second kappa shape index (κ2) is 5.46. The van der Waals surface area contributed by atoms with E-state index in [1.54, 1.807) is 0 Å². The summed E-state index contributed by atoms with van der Waals surface area (Å²) in [5.74, 6) is -2.02. The maximum Gasteiger partial charge on any atom is 0.200 e. The number of rotatable bonds is 4. The molecule has 2 nitrogen and oxygen atoms in total. The Morgan fingerprint density at radius 3 is 2.72 bits per heavy atom. The van der Waals surface area contributed by atoms with Crippen molar-refractivity contribution in [1.29, 1.82) is 0 Å². The Balaban J connectivity index is 2.26. The van der Waals surface area contributed by atoms with E-state index in [-0.39, 0.29) is 12.3 Å². The molecule has 0 radical (unpaired) electrons. The lowest BCUT2D eigenvalue weighted by molar-refractivity contribution is 0.205. The van der Waals surface area contributed by atoms with Gasteiger partial charge in [-0.1, -0.05) is 6.07 Å². The highest BCUT2D eigenvalue weighted by atomic mass is 32.1. The number of hydrogen-bond acceptors (Lipinski definition) is 3. The molecule has 0 bridgehead atoms. The number of nitrogens with two attached hydrogens (primary N) is 1. The van der Waals surface area contributed by atoms with Crippen molar-refractivity contribution in [2.45, 2.75) is 13.0 Å². The lowest BCUT2D eigenvalue weighted by atomic mass is 10.2. The summed E-state index contributed by atoms with van der Waals surface area (Å²) < 4.78 is 32.0. The lowest BCUT2D eigenvalue weighted by Gasteiger charge is -2.17. The molecule has 1 unspecified atom stereocenters. The summed E-state index contributed by atoms with van der Waals surface area (Å²) in [5.41, 5.74) is 6.67. The van der Waals surface area contributed by atoms with E-state index >= 15 is 0 Å². The van der Waals surface area contributed by atoms with Crippen molar-refractivity contribution >= 4 is 11.3 Å². The molecule has 1 aromatic heterocycles. The SMILES string of the molecule is Cc1ccsc1C(CN)Oc1cccc(F)c1F. The van der Waals surface area contributed by atoms with Gasteiger partial charge in [0.2, 0.25) is 5.82 Å². The minimum Gasteiger partial charge on any atom is -0.480 e. The summed E-state index contributed by atoms with van der Waals surface area (Å²) in [5, 5.41) is 1.92. The van der Waals surface area contributed by atoms with Gasteiger partial charge in [0.25, 0.3) is 0 Å². The third-order valence-electron chi connectivity index (χ3n) is 2.59. The monoisotopic (exact) mass is 269 g/mol. The first-order valence-corrected chi connectivity index (χ1v) is 6.36. The van der Waals surface area contributed by atoms with Gasteiger partial charge >= 0.3 is 0 Å². The van der Waals surface area contributed by atoms with Crippen LogP contribution in [0.15, 0.2) is 29.6 Å². The van der Waals surface area contributed by atoms with Gasteiger partial charge < -0.3 is 10.5 Å². The van der Waals surface area contributed by atoms with E-state index in [0.717, 1.165) is 16.5 Å². The number of benzene rings is 1. The average Bonchev–Trinajstić information content (AvgIpc) is 2.77. The standard InChI is InChI=1S/C13H13F2NOS/c1-8-5-6-18-13(8)11(7-16)17-10-4-2-3-9(14)12(10)15/h2-6,11H,7,16H2,1H3. The summed E-state index contributed by atoms with van der Waals surface area (Å²) in [6, 6.07) is 5.79. The Morgan fingerprint density at radius 1 is 1.33 bits per heavy atom. The topological polar surface area (TPSA) is 35.2 Å². The van der Waals surface area contributed by atoms with E-state index < -0.39 is 17.7 Å². The minimum atomic E-state index is -0.981. The molecule has 0 saturated carbocycles. The van der Waals surface area contributed by atoms with Crippen LogP contribution in [0, 0.1) is 18.6 Å². The predicted octanol–water partition coefficient (Wildman–Crippen LogP) is 3.41. The van der Waals surface area contributed by atoms with Crippen molar-refractivity contribution in [3.8, 4) is 5.75 Å². The van der Waals surface area contributed by atoms with Gasteiger partial charge in [0.1, 0.15) is 6.10 Å². The molecule has 0 aliphatic carbocycles. The normalized spacial score (nSPS) is 12.4. The molecule has 18 heavy (non-hydrogen) atoms. The molecule has 1 aromatic carbocycles. The number of hydrogen-bond donors (Lipinski definition) is 1. The van der Waals surface area contributed by atoms with Crippen molar-refractivity contribution in [1.82, 2.24) is 0 Å². The smallest absolute Gasteiger partial charge is 0.200 e. The van der Waals surface area contributed by atoms with Crippen molar-refractivity contribution in [2.75, 3.05) is 6.54 Å². The van der Waals surface area contributed by atoms with E-state index in [2.05, 4.69) is 0 Å². The lowest BCUT2D eigenvalue weighted by Crippen LogP contribution is -2.18. The van der Waals surface area contributed by atoms with Crippen LogP contribution in [-0.4, -0.2) is 6.54 Å². The van der Waals surface area contributed by atoms with E-state index in [0.29, 0.717) is 0 Å². The Morgan fingerprint density at radius 2 is 2.11 bits per heavy atom. The molecule has 0 fully saturated rings. The van der Waals surface area contributed by atoms with Crippen LogP contribution in [0.5, 0.6) is 5.75 Å². The molecule has 0 spiro atoms. The van der Waals surface area contributed by atoms with E-state index in [1.165, 1.54) is 23.5 Å². The van der Waals surface area contributed by atoms with Crippen LogP contribution >= 0.6 is 11.3 Å². The third kappa shape index (κ3) is 2.52.